The fourth-order valence-electron chi connectivity index (χ4n) is 1.58. The van der Waals surface area contributed by atoms with Crippen LogP contribution in [0.3, 0.4) is 0 Å². The molecule has 3 nitrogen and oxygen atoms in total. The maximum Gasteiger partial charge on any atom is 0.416 e. The number of nitrogens with zero attached hydrogens (tertiary/aromatic N) is 1. The number of hydrogen-bond acceptors (Lipinski definition) is 2. The van der Waals surface area contributed by atoms with Crippen molar-refractivity contribution in [2.24, 2.45) is 0 Å². The van der Waals surface area contributed by atoms with Crippen LogP contribution >= 0.6 is 0 Å². The summed E-state index contributed by atoms with van der Waals surface area (Å²) in [4.78, 5) is 0. The maximum atomic E-state index is 12.5. The van der Waals surface area contributed by atoms with Gasteiger partial charge in [0.15, 0.2) is 0 Å². The highest BCUT2D eigenvalue weighted by Gasteiger charge is 2.30. The third kappa shape index (κ3) is 3.33. The number of halogens is 3. The van der Waals surface area contributed by atoms with Crippen molar-refractivity contribution in [3.63, 3.8) is 0 Å². The van der Waals surface area contributed by atoms with Crippen molar-refractivity contribution in [1.82, 2.24) is 15.5 Å². The Kier molecular flexibility index (Phi) is 3.66. The minimum atomic E-state index is -4.29. The molecule has 6 heteroatoms. The van der Waals surface area contributed by atoms with Gasteiger partial charge in [-0.1, -0.05) is 18.2 Å². The van der Waals surface area contributed by atoms with Crippen molar-refractivity contribution in [3.8, 4) is 0 Å². The van der Waals surface area contributed by atoms with Gasteiger partial charge < -0.3 is 5.32 Å². The van der Waals surface area contributed by atoms with Crippen molar-refractivity contribution < 1.29 is 13.2 Å². The van der Waals surface area contributed by atoms with Crippen molar-refractivity contribution in [3.05, 3.63) is 53.3 Å². The van der Waals surface area contributed by atoms with E-state index in [0.29, 0.717) is 18.7 Å². The van der Waals surface area contributed by atoms with E-state index >= 15 is 0 Å². The van der Waals surface area contributed by atoms with Crippen LogP contribution in [-0.2, 0) is 19.3 Å². The SMILES string of the molecule is FC(F)(F)c1cccc(CNCc2ccn[nH]2)c1. The Bertz CT molecular complexity index is 492. The van der Waals surface area contributed by atoms with Crippen LogP contribution in [0.4, 0.5) is 13.2 Å². The average molecular weight is 255 g/mol. The molecule has 1 aromatic heterocycles. The first-order valence-corrected chi connectivity index (χ1v) is 5.41. The zero-order chi connectivity index (χ0) is 13.0. The lowest BCUT2D eigenvalue weighted by Gasteiger charge is -2.09. The van der Waals surface area contributed by atoms with Crippen LogP contribution in [0.2, 0.25) is 0 Å². The molecular formula is C12H12F3N3. The van der Waals surface area contributed by atoms with Crippen molar-refractivity contribution >= 4 is 0 Å². The molecule has 0 saturated carbocycles. The molecule has 2 aromatic rings. The van der Waals surface area contributed by atoms with Gasteiger partial charge in [-0.05, 0) is 17.7 Å². The molecule has 0 unspecified atom stereocenters. The van der Waals surface area contributed by atoms with E-state index in [1.807, 2.05) is 0 Å². The number of rotatable bonds is 4. The maximum absolute atomic E-state index is 12.5. The fraction of sp³-hybridized carbons (Fsp3) is 0.250. The van der Waals surface area contributed by atoms with E-state index in [1.165, 1.54) is 6.07 Å². The van der Waals surface area contributed by atoms with Crippen LogP contribution in [0.5, 0.6) is 0 Å². The third-order valence-electron chi connectivity index (χ3n) is 2.46. The van der Waals surface area contributed by atoms with Gasteiger partial charge in [-0.25, -0.2) is 0 Å². The summed E-state index contributed by atoms with van der Waals surface area (Å²) in [6.07, 6.45) is -2.67. The quantitative estimate of drug-likeness (QED) is 0.881. The fourth-order valence-corrected chi connectivity index (χ4v) is 1.58. The van der Waals surface area contributed by atoms with E-state index < -0.39 is 11.7 Å². The number of benzene rings is 1. The Morgan fingerprint density at radius 2 is 2.00 bits per heavy atom. The minimum Gasteiger partial charge on any atom is -0.307 e. The first-order valence-electron chi connectivity index (χ1n) is 5.41. The van der Waals surface area contributed by atoms with Gasteiger partial charge in [-0.15, -0.1) is 0 Å². The first kappa shape index (κ1) is 12.6. The van der Waals surface area contributed by atoms with Crippen LogP contribution in [-0.4, -0.2) is 10.2 Å². The number of H-pyrrole nitrogens is 1. The number of aromatic nitrogens is 2. The topological polar surface area (TPSA) is 40.7 Å². The first-order chi connectivity index (χ1) is 8.55. The van der Waals surface area contributed by atoms with Crippen LogP contribution in [0.15, 0.2) is 36.5 Å². The Morgan fingerprint density at radius 1 is 1.17 bits per heavy atom. The minimum absolute atomic E-state index is 0.378. The summed E-state index contributed by atoms with van der Waals surface area (Å²) < 4.78 is 37.4. The molecule has 2 N–H and O–H groups in total. The van der Waals surface area contributed by atoms with Gasteiger partial charge in [0, 0.05) is 25.0 Å². The molecule has 18 heavy (non-hydrogen) atoms. The van der Waals surface area contributed by atoms with E-state index in [-0.39, 0.29) is 0 Å². The Hall–Kier alpha value is -1.82. The smallest absolute Gasteiger partial charge is 0.307 e. The molecule has 2 rings (SSSR count). The summed E-state index contributed by atoms with van der Waals surface area (Å²) >= 11 is 0. The lowest BCUT2D eigenvalue weighted by atomic mass is 10.1. The van der Waals surface area contributed by atoms with Crippen LogP contribution in [0.1, 0.15) is 16.8 Å². The Labute approximate surface area is 102 Å². The molecule has 1 aromatic carbocycles. The van der Waals surface area contributed by atoms with Crippen LogP contribution in [0, 0.1) is 0 Å². The van der Waals surface area contributed by atoms with Crippen LogP contribution in [0.25, 0.3) is 0 Å². The predicted molar refractivity (Wildman–Crippen MR) is 60.6 cm³/mol. The molecule has 0 bridgehead atoms. The summed E-state index contributed by atoms with van der Waals surface area (Å²) in [5, 5.41) is 9.59. The number of nitrogens with one attached hydrogen (secondary N) is 2. The normalized spacial score (nSPS) is 11.7. The number of alkyl halides is 3. The lowest BCUT2D eigenvalue weighted by Crippen LogP contribution is -2.14. The third-order valence-corrected chi connectivity index (χ3v) is 2.46. The molecule has 0 aliphatic heterocycles. The van der Waals surface area contributed by atoms with Gasteiger partial charge in [-0.2, -0.15) is 18.3 Å². The number of hydrogen-bond donors (Lipinski definition) is 2. The molecule has 0 spiro atoms. The highest BCUT2D eigenvalue weighted by molar-refractivity contribution is 5.25. The molecule has 0 atom stereocenters. The van der Waals surface area contributed by atoms with E-state index in [4.69, 9.17) is 0 Å². The second-order valence-corrected chi connectivity index (χ2v) is 3.88. The van der Waals surface area contributed by atoms with Gasteiger partial charge in [0.05, 0.1) is 5.56 Å². The monoisotopic (exact) mass is 255 g/mol. The van der Waals surface area contributed by atoms with Gasteiger partial charge in [0.2, 0.25) is 0 Å². The standard InChI is InChI=1S/C12H12F3N3/c13-12(14,15)10-3-1-2-9(6-10)7-16-8-11-4-5-17-18-11/h1-6,16H,7-8H2,(H,17,18). The average Bonchev–Trinajstić information content (AvgIpc) is 2.81. The Morgan fingerprint density at radius 3 is 2.67 bits per heavy atom. The highest BCUT2D eigenvalue weighted by atomic mass is 19.4. The van der Waals surface area contributed by atoms with Gasteiger partial charge in [-0.3, -0.25) is 5.10 Å². The van der Waals surface area contributed by atoms with Gasteiger partial charge in [0.25, 0.3) is 0 Å². The molecule has 0 radical (unpaired) electrons. The van der Waals surface area contributed by atoms with Crippen molar-refractivity contribution in [2.45, 2.75) is 19.3 Å². The highest BCUT2D eigenvalue weighted by Crippen LogP contribution is 2.29. The summed E-state index contributed by atoms with van der Waals surface area (Å²) in [7, 11) is 0. The van der Waals surface area contributed by atoms with Crippen LogP contribution < -0.4 is 5.32 Å². The molecule has 0 aliphatic rings. The summed E-state index contributed by atoms with van der Waals surface area (Å²) in [6.45, 7) is 0.916. The summed E-state index contributed by atoms with van der Waals surface area (Å²) in [6, 6.07) is 7.10. The molecular weight excluding hydrogens is 243 g/mol. The van der Waals surface area contributed by atoms with E-state index in [0.717, 1.165) is 17.8 Å². The molecule has 0 amide bonds. The van der Waals surface area contributed by atoms with Crippen molar-refractivity contribution in [1.29, 1.82) is 0 Å². The van der Waals surface area contributed by atoms with E-state index in [2.05, 4.69) is 15.5 Å². The van der Waals surface area contributed by atoms with Gasteiger partial charge >= 0.3 is 6.18 Å². The molecule has 0 saturated heterocycles. The largest absolute Gasteiger partial charge is 0.416 e. The summed E-state index contributed by atoms with van der Waals surface area (Å²) in [5.41, 5.74) is 0.870. The summed E-state index contributed by atoms with van der Waals surface area (Å²) in [5.74, 6) is 0. The number of aromatic amines is 1. The Balaban J connectivity index is 1.93. The molecule has 0 fully saturated rings. The van der Waals surface area contributed by atoms with E-state index in [9.17, 15) is 13.2 Å². The molecule has 1 heterocycles. The van der Waals surface area contributed by atoms with Crippen molar-refractivity contribution in [2.75, 3.05) is 0 Å². The second-order valence-electron chi connectivity index (χ2n) is 3.88. The zero-order valence-corrected chi connectivity index (χ0v) is 9.46. The molecule has 96 valence electrons. The van der Waals surface area contributed by atoms with Gasteiger partial charge in [0.1, 0.15) is 0 Å². The second kappa shape index (κ2) is 5.22. The molecule has 0 aliphatic carbocycles. The van der Waals surface area contributed by atoms with E-state index in [1.54, 1.807) is 18.3 Å². The predicted octanol–water partition coefficient (Wildman–Crippen LogP) is 2.72. The zero-order valence-electron chi connectivity index (χ0n) is 9.46. The lowest BCUT2D eigenvalue weighted by molar-refractivity contribution is -0.137.